The fourth-order valence-electron chi connectivity index (χ4n) is 8.32. The number of rotatable bonds is 20. The molecule has 1 aliphatic heterocycles. The highest BCUT2D eigenvalue weighted by atomic mass is 16.5. The van der Waals surface area contributed by atoms with E-state index in [0.717, 1.165) is 63.7 Å². The summed E-state index contributed by atoms with van der Waals surface area (Å²) in [7, 11) is 3.28. The number of benzene rings is 3. The van der Waals surface area contributed by atoms with Gasteiger partial charge in [0.1, 0.15) is 17.8 Å². The number of carbonyl (C=O) groups is 4. The Balaban J connectivity index is 1.60. The number of nitrogens with two attached hydrogens (primary N) is 1. The molecule has 322 valence electrons. The Labute approximate surface area is 353 Å². The van der Waals surface area contributed by atoms with E-state index in [2.05, 4.69) is 60.0 Å². The third-order valence-corrected chi connectivity index (χ3v) is 11.1. The molecule has 13 nitrogen and oxygen atoms in total. The molecule has 13 heteroatoms. The fourth-order valence-corrected chi connectivity index (χ4v) is 8.32. The number of nitrogens with zero attached hydrogens (tertiary/aromatic N) is 4. The Bertz CT molecular complexity index is 2180. The molecule has 3 amide bonds. The van der Waals surface area contributed by atoms with Crippen LogP contribution in [0.25, 0.3) is 33.3 Å². The first-order chi connectivity index (χ1) is 28.7. The third kappa shape index (κ3) is 10.8. The summed E-state index contributed by atoms with van der Waals surface area (Å²) in [6.07, 6.45) is 4.69. The monoisotopic (exact) mass is 822 g/mol. The maximum atomic E-state index is 14.1. The van der Waals surface area contributed by atoms with E-state index in [1.807, 2.05) is 38.1 Å². The predicted molar refractivity (Wildman–Crippen MR) is 235 cm³/mol. The highest BCUT2D eigenvalue weighted by Crippen LogP contribution is 2.41. The van der Waals surface area contributed by atoms with Crippen molar-refractivity contribution in [3.63, 3.8) is 0 Å². The molecule has 2 atom stereocenters. The number of aromatic hydroxyl groups is 1. The van der Waals surface area contributed by atoms with Gasteiger partial charge in [-0.1, -0.05) is 64.1 Å². The van der Waals surface area contributed by atoms with Gasteiger partial charge in [-0.2, -0.15) is 5.10 Å². The molecule has 2 heterocycles. The zero-order chi connectivity index (χ0) is 43.6. The molecule has 1 aromatic heterocycles. The van der Waals surface area contributed by atoms with Crippen LogP contribution >= 0.6 is 0 Å². The predicted octanol–water partition coefficient (Wildman–Crippen LogP) is 6.10. The van der Waals surface area contributed by atoms with E-state index < -0.39 is 23.4 Å². The van der Waals surface area contributed by atoms with Crippen LogP contribution in [-0.2, 0) is 54.5 Å². The van der Waals surface area contributed by atoms with Crippen LogP contribution in [-0.4, -0.2) is 103 Å². The van der Waals surface area contributed by atoms with Crippen LogP contribution in [0.5, 0.6) is 5.75 Å². The molecule has 2 unspecified atom stereocenters. The number of nitrogens with one attached hydrogen (secondary N) is 1. The van der Waals surface area contributed by atoms with Crippen LogP contribution in [0.4, 0.5) is 0 Å². The summed E-state index contributed by atoms with van der Waals surface area (Å²) in [5.41, 5.74) is 13.0. The molecule has 0 saturated carbocycles. The number of phenols is 1. The third-order valence-electron chi connectivity index (χ3n) is 11.1. The molecule has 4 aromatic rings. The number of hydrogen-bond acceptors (Lipinski definition) is 9. The van der Waals surface area contributed by atoms with E-state index >= 15 is 0 Å². The number of likely N-dealkylation sites (N-methyl/N-ethyl adjacent to an activating group) is 1. The average molecular weight is 823 g/mol. The van der Waals surface area contributed by atoms with Gasteiger partial charge in [-0.05, 0) is 90.6 Å². The van der Waals surface area contributed by atoms with Crippen molar-refractivity contribution in [1.29, 1.82) is 0 Å². The summed E-state index contributed by atoms with van der Waals surface area (Å²) in [6, 6.07) is 18.0. The first-order valence-electron chi connectivity index (χ1n) is 20.9. The fraction of sp³-hybridized carbons (Fsp3) is 0.468. The molecule has 0 saturated heterocycles. The lowest BCUT2D eigenvalue weighted by Gasteiger charge is -2.32. The van der Waals surface area contributed by atoms with Gasteiger partial charge in [0, 0.05) is 74.7 Å². The Hall–Kier alpha value is -5.53. The Morgan fingerprint density at radius 2 is 1.85 bits per heavy atom. The minimum Gasteiger partial charge on any atom is -0.508 e. The SMILES string of the molecule is CCn1c(-c2ccccc2CCOC)c(CC(C)(C)COC=O)c2cc(-c3cc(O)cc(CC(NC(=O)C(C(C)C)N(C)C(=O)CCN)C(=O)N4CCCC=N4)c3)ccc21. The number of aromatic nitrogens is 1. The number of carbonyl (C=O) groups excluding carboxylic acids is 4. The van der Waals surface area contributed by atoms with Crippen molar-refractivity contribution in [2.45, 2.75) is 91.8 Å². The van der Waals surface area contributed by atoms with Crippen molar-refractivity contribution >= 4 is 41.3 Å². The minimum atomic E-state index is -1.04. The molecule has 0 aliphatic carbocycles. The van der Waals surface area contributed by atoms with Crippen molar-refractivity contribution in [3.05, 3.63) is 77.4 Å². The van der Waals surface area contributed by atoms with Gasteiger partial charge in [0.2, 0.25) is 11.8 Å². The molecule has 4 N–H and O–H groups in total. The zero-order valence-corrected chi connectivity index (χ0v) is 36.2. The summed E-state index contributed by atoms with van der Waals surface area (Å²) in [4.78, 5) is 53.7. The summed E-state index contributed by atoms with van der Waals surface area (Å²) in [5, 5.41) is 20.9. The Kier molecular flexibility index (Phi) is 15.7. The van der Waals surface area contributed by atoms with E-state index in [4.69, 9.17) is 15.2 Å². The number of aryl methyl sites for hydroxylation is 1. The lowest BCUT2D eigenvalue weighted by molar-refractivity contribution is -0.143. The van der Waals surface area contributed by atoms with Gasteiger partial charge in [0.05, 0.1) is 18.9 Å². The Morgan fingerprint density at radius 1 is 1.08 bits per heavy atom. The quantitative estimate of drug-likeness (QED) is 0.0900. The van der Waals surface area contributed by atoms with Crippen LogP contribution in [0.1, 0.15) is 70.6 Å². The molecule has 5 rings (SSSR count). The number of methoxy groups -OCH3 is 1. The van der Waals surface area contributed by atoms with Crippen LogP contribution in [0.2, 0.25) is 0 Å². The molecule has 0 radical (unpaired) electrons. The smallest absolute Gasteiger partial charge is 0.293 e. The lowest BCUT2D eigenvalue weighted by atomic mass is 9.83. The van der Waals surface area contributed by atoms with E-state index in [9.17, 15) is 24.3 Å². The van der Waals surface area contributed by atoms with Gasteiger partial charge in [0.15, 0.2) is 0 Å². The maximum Gasteiger partial charge on any atom is 0.293 e. The summed E-state index contributed by atoms with van der Waals surface area (Å²) in [5.74, 6) is -1.35. The van der Waals surface area contributed by atoms with E-state index in [1.54, 1.807) is 32.5 Å². The van der Waals surface area contributed by atoms with E-state index in [0.29, 0.717) is 38.2 Å². The molecule has 0 spiro atoms. The van der Waals surface area contributed by atoms with Crippen molar-refractivity contribution in [2.75, 3.05) is 40.5 Å². The average Bonchev–Trinajstić information content (AvgIpc) is 3.53. The molecule has 60 heavy (non-hydrogen) atoms. The first-order valence-corrected chi connectivity index (χ1v) is 20.9. The number of phenolic OH excluding ortho intramolecular Hbond substituents is 1. The summed E-state index contributed by atoms with van der Waals surface area (Å²) in [6.45, 7) is 12.6. The number of hydrogen-bond donors (Lipinski definition) is 3. The molecule has 1 aliphatic rings. The second-order valence-electron chi connectivity index (χ2n) is 16.7. The molecular weight excluding hydrogens is 761 g/mol. The summed E-state index contributed by atoms with van der Waals surface area (Å²) < 4.78 is 13.1. The highest BCUT2D eigenvalue weighted by Gasteiger charge is 2.34. The lowest BCUT2D eigenvalue weighted by Crippen LogP contribution is -2.56. The first kappa shape index (κ1) is 45.6. The zero-order valence-electron chi connectivity index (χ0n) is 36.2. The standard InChI is InChI=1S/C47H62N6O7/c1-8-52-41-16-15-34(27-38(41)39(28-47(4,5)29-60-30-54)44(52)37-14-10-9-13-33(37)18-22-59-7)35-23-32(24-36(55)26-35)25-40(46(58)53-21-12-11-20-49-53)50-45(57)43(31(2)3)51(6)42(56)17-19-48/h9-10,13-16,20,23-24,26-27,30-31,40,43,55H,8,11-12,17-19,21-22,25,28-29,48H2,1-7H3,(H,50,57). The van der Waals surface area contributed by atoms with Gasteiger partial charge in [-0.25, -0.2) is 5.01 Å². The number of hydrazone groups is 1. The van der Waals surface area contributed by atoms with Crippen LogP contribution in [0, 0.1) is 11.3 Å². The minimum absolute atomic E-state index is 0.00884. The van der Waals surface area contributed by atoms with Crippen LogP contribution in [0.15, 0.2) is 65.8 Å². The van der Waals surface area contributed by atoms with Gasteiger partial charge in [-0.15, -0.1) is 0 Å². The van der Waals surface area contributed by atoms with Gasteiger partial charge >= 0.3 is 0 Å². The van der Waals surface area contributed by atoms with Crippen molar-refractivity contribution in [1.82, 2.24) is 19.8 Å². The second-order valence-corrected chi connectivity index (χ2v) is 16.7. The molecule has 3 aromatic carbocycles. The Morgan fingerprint density at radius 3 is 2.52 bits per heavy atom. The van der Waals surface area contributed by atoms with Crippen LogP contribution in [0.3, 0.4) is 0 Å². The molecular formula is C47H62N6O7. The number of ether oxygens (including phenoxy) is 2. The summed E-state index contributed by atoms with van der Waals surface area (Å²) >= 11 is 0. The largest absolute Gasteiger partial charge is 0.508 e. The number of amides is 3. The highest BCUT2D eigenvalue weighted by molar-refractivity contribution is 5.96. The van der Waals surface area contributed by atoms with Crippen molar-refractivity contribution < 1.29 is 33.8 Å². The van der Waals surface area contributed by atoms with Crippen molar-refractivity contribution in [2.24, 2.45) is 22.2 Å². The number of fused-ring (bicyclic) bond motifs is 1. The maximum absolute atomic E-state index is 14.1. The second kappa shape index (κ2) is 20.6. The van der Waals surface area contributed by atoms with E-state index in [-0.39, 0.29) is 49.5 Å². The molecule has 0 fully saturated rings. The molecule has 0 bridgehead atoms. The van der Waals surface area contributed by atoms with Gasteiger partial charge in [0.25, 0.3) is 12.4 Å². The normalized spacial score (nSPS) is 14.0. The van der Waals surface area contributed by atoms with Crippen molar-refractivity contribution in [3.8, 4) is 28.1 Å². The van der Waals surface area contributed by atoms with E-state index in [1.165, 1.54) is 9.91 Å². The topological polar surface area (TPSA) is 169 Å². The van der Waals surface area contributed by atoms with Gasteiger partial charge < -0.3 is 35.1 Å². The van der Waals surface area contributed by atoms with Crippen LogP contribution < -0.4 is 11.1 Å². The van der Waals surface area contributed by atoms with Gasteiger partial charge in [-0.3, -0.25) is 19.2 Å².